The van der Waals surface area contributed by atoms with Gasteiger partial charge in [0.2, 0.25) is 0 Å². The highest BCUT2D eigenvalue weighted by Gasteiger charge is 2.58. The Morgan fingerprint density at radius 2 is 2.04 bits per heavy atom. The van der Waals surface area contributed by atoms with Crippen molar-refractivity contribution in [3.8, 4) is 0 Å². The zero-order chi connectivity index (χ0) is 20.0. The van der Waals surface area contributed by atoms with Crippen molar-refractivity contribution >= 4 is 11.9 Å². The van der Waals surface area contributed by atoms with Gasteiger partial charge in [-0.3, -0.25) is 4.79 Å². The van der Waals surface area contributed by atoms with Crippen molar-refractivity contribution in [3.05, 3.63) is 23.0 Å². The summed E-state index contributed by atoms with van der Waals surface area (Å²) < 4.78 is 22.1. The number of hydrogen-bond donors (Lipinski definition) is 2. The van der Waals surface area contributed by atoms with Crippen LogP contribution in [-0.4, -0.2) is 58.5 Å². The van der Waals surface area contributed by atoms with Gasteiger partial charge in [-0.05, 0) is 33.3 Å². The summed E-state index contributed by atoms with van der Waals surface area (Å²) in [4.78, 5) is 24.1. The number of fused-ring (bicyclic) bond motifs is 3. The Morgan fingerprint density at radius 1 is 1.33 bits per heavy atom. The van der Waals surface area contributed by atoms with Crippen LogP contribution in [0.15, 0.2) is 23.0 Å². The molecule has 0 aromatic carbocycles. The third-order valence-electron chi connectivity index (χ3n) is 5.34. The molecule has 0 aromatic heterocycles. The van der Waals surface area contributed by atoms with Crippen molar-refractivity contribution in [2.45, 2.75) is 70.1 Å². The van der Waals surface area contributed by atoms with E-state index < -0.39 is 35.0 Å². The summed E-state index contributed by atoms with van der Waals surface area (Å²) in [5.74, 6) is -2.77. The molecule has 0 aliphatic carbocycles. The van der Waals surface area contributed by atoms with E-state index in [1.165, 1.54) is 13.8 Å². The summed E-state index contributed by atoms with van der Waals surface area (Å²) in [6.07, 6.45) is 1.05. The van der Waals surface area contributed by atoms with Crippen molar-refractivity contribution in [2.75, 3.05) is 13.2 Å². The summed E-state index contributed by atoms with van der Waals surface area (Å²) in [7, 11) is 0. The molecule has 0 amide bonds. The van der Waals surface area contributed by atoms with Crippen LogP contribution in [0.2, 0.25) is 0 Å². The van der Waals surface area contributed by atoms with Crippen molar-refractivity contribution in [1.82, 2.24) is 0 Å². The molecule has 0 aromatic rings. The Kier molecular flexibility index (Phi) is 4.96. The number of ether oxygens (including phenoxy) is 4. The quantitative estimate of drug-likeness (QED) is 0.696. The van der Waals surface area contributed by atoms with Crippen LogP contribution in [0.5, 0.6) is 0 Å². The van der Waals surface area contributed by atoms with E-state index in [0.29, 0.717) is 18.6 Å². The molecule has 2 bridgehead atoms. The third-order valence-corrected chi connectivity index (χ3v) is 5.34. The molecule has 3 rings (SSSR count). The van der Waals surface area contributed by atoms with Crippen molar-refractivity contribution in [1.29, 1.82) is 0 Å². The van der Waals surface area contributed by atoms with E-state index in [4.69, 9.17) is 18.9 Å². The van der Waals surface area contributed by atoms with Gasteiger partial charge in [0.25, 0.3) is 0 Å². The molecule has 150 valence electrons. The second kappa shape index (κ2) is 6.70. The zero-order valence-electron chi connectivity index (χ0n) is 16.0. The van der Waals surface area contributed by atoms with Gasteiger partial charge < -0.3 is 29.2 Å². The maximum absolute atomic E-state index is 12.4. The second-order valence-corrected chi connectivity index (χ2v) is 7.70. The Labute approximate surface area is 157 Å². The fraction of sp³-hybridized carbons (Fsp3) is 0.684. The first-order chi connectivity index (χ1) is 12.5. The first-order valence-electron chi connectivity index (χ1n) is 9.08. The molecule has 3 aliphatic heterocycles. The lowest BCUT2D eigenvalue weighted by atomic mass is 9.82. The van der Waals surface area contributed by atoms with E-state index in [0.717, 1.165) is 0 Å². The number of hydrogen-bond acceptors (Lipinski definition) is 8. The van der Waals surface area contributed by atoms with E-state index in [9.17, 15) is 19.8 Å². The van der Waals surface area contributed by atoms with Crippen molar-refractivity contribution < 1.29 is 38.7 Å². The highest BCUT2D eigenvalue weighted by atomic mass is 16.7. The summed E-state index contributed by atoms with van der Waals surface area (Å²) in [5.41, 5.74) is -2.10. The van der Waals surface area contributed by atoms with Gasteiger partial charge in [-0.1, -0.05) is 0 Å². The molecule has 0 unspecified atom stereocenters. The second-order valence-electron chi connectivity index (χ2n) is 7.70. The molecule has 0 saturated carbocycles. The van der Waals surface area contributed by atoms with E-state index in [2.05, 4.69) is 0 Å². The monoisotopic (exact) mass is 382 g/mol. The van der Waals surface area contributed by atoms with Gasteiger partial charge in [0.1, 0.15) is 17.5 Å². The average Bonchev–Trinajstić information content (AvgIpc) is 3.01. The van der Waals surface area contributed by atoms with Crippen LogP contribution in [-0.2, 0) is 28.5 Å². The number of carbonyl (C=O) groups is 2. The van der Waals surface area contributed by atoms with E-state index in [1.807, 2.05) is 0 Å². The van der Waals surface area contributed by atoms with Crippen LogP contribution in [0, 0.1) is 0 Å². The first-order valence-corrected chi connectivity index (χ1v) is 9.08. The van der Waals surface area contributed by atoms with Crippen LogP contribution >= 0.6 is 0 Å². The summed E-state index contributed by atoms with van der Waals surface area (Å²) in [6.45, 7) is 6.59. The van der Waals surface area contributed by atoms with Crippen molar-refractivity contribution in [2.24, 2.45) is 0 Å². The molecule has 27 heavy (non-hydrogen) atoms. The van der Waals surface area contributed by atoms with E-state index in [1.54, 1.807) is 19.9 Å². The number of esters is 2. The van der Waals surface area contributed by atoms with Crippen LogP contribution in [0.4, 0.5) is 0 Å². The predicted octanol–water partition coefficient (Wildman–Crippen LogP) is 1.10. The minimum Gasteiger partial charge on any atom is -0.457 e. The topological polar surface area (TPSA) is 112 Å². The Balaban J connectivity index is 2.16. The lowest BCUT2D eigenvalue weighted by Gasteiger charge is -2.40. The van der Waals surface area contributed by atoms with Crippen LogP contribution in [0.25, 0.3) is 0 Å². The smallest absolute Gasteiger partial charge is 0.342 e. The number of aliphatic hydroxyl groups is 2. The van der Waals surface area contributed by atoms with E-state index >= 15 is 0 Å². The highest BCUT2D eigenvalue weighted by Crippen LogP contribution is 2.49. The molecule has 3 aliphatic rings. The summed E-state index contributed by atoms with van der Waals surface area (Å²) in [5, 5.41) is 22.0. The largest absolute Gasteiger partial charge is 0.457 e. The third kappa shape index (κ3) is 3.54. The highest BCUT2D eigenvalue weighted by molar-refractivity contribution is 5.95. The lowest BCUT2D eigenvalue weighted by molar-refractivity contribution is -0.298. The van der Waals surface area contributed by atoms with Gasteiger partial charge in [-0.15, -0.1) is 0 Å². The molecule has 2 N–H and O–H groups in total. The number of carbonyl (C=O) groups excluding carboxylic acids is 2. The van der Waals surface area contributed by atoms with Crippen LogP contribution in [0.1, 0.15) is 47.0 Å². The van der Waals surface area contributed by atoms with Gasteiger partial charge in [0.15, 0.2) is 5.79 Å². The molecule has 8 nitrogen and oxygen atoms in total. The summed E-state index contributed by atoms with van der Waals surface area (Å²) in [6, 6.07) is 0. The maximum atomic E-state index is 12.4. The maximum Gasteiger partial charge on any atom is 0.342 e. The van der Waals surface area contributed by atoms with Gasteiger partial charge >= 0.3 is 11.9 Å². The molecular formula is C19H26O8. The Hall–Kier alpha value is -1.74. The molecule has 0 radical (unpaired) electrons. The minimum atomic E-state index is -1.82. The predicted molar refractivity (Wildman–Crippen MR) is 92.2 cm³/mol. The average molecular weight is 382 g/mol. The molecule has 8 heteroatoms. The molecule has 1 saturated heterocycles. The fourth-order valence-corrected chi connectivity index (χ4v) is 3.86. The molecule has 4 atom stereocenters. The first kappa shape index (κ1) is 20.0. The van der Waals surface area contributed by atoms with Gasteiger partial charge in [0, 0.05) is 31.9 Å². The van der Waals surface area contributed by atoms with Gasteiger partial charge in [0.05, 0.1) is 17.8 Å². The molecular weight excluding hydrogens is 356 g/mol. The molecule has 0 spiro atoms. The zero-order valence-corrected chi connectivity index (χ0v) is 16.0. The fourth-order valence-electron chi connectivity index (χ4n) is 3.86. The number of rotatable bonds is 4. The van der Waals surface area contributed by atoms with Crippen LogP contribution in [0.3, 0.4) is 0 Å². The van der Waals surface area contributed by atoms with Gasteiger partial charge in [-0.2, -0.15) is 0 Å². The minimum absolute atomic E-state index is 0.0102. The molecule has 3 heterocycles. The SMILES string of the molecule is CCOCC1=C2/C(=C\[C@]3(C)CC[C@@](O)(O3)[C@](C)(O)C[C@@H]2OC(C)=O)OC1=O. The standard InChI is InChI=1S/C19H26O8/c1-5-24-10-12-15-13(26-16(12)21)8-17(3)6-7-19(23,27-17)18(4,22)9-14(15)25-11(2)20/h8,14,22-23H,5-7,9-10H2,1-4H3/b13-8+/t14-,17-,18+,19+/m0/s1. The van der Waals surface area contributed by atoms with E-state index in [-0.39, 0.29) is 30.8 Å². The van der Waals surface area contributed by atoms with Crippen molar-refractivity contribution in [3.63, 3.8) is 0 Å². The molecule has 1 fully saturated rings. The van der Waals surface area contributed by atoms with Crippen LogP contribution < -0.4 is 0 Å². The Bertz CT molecular complexity index is 721. The Morgan fingerprint density at radius 3 is 2.67 bits per heavy atom. The normalized spacial score (nSPS) is 40.4. The summed E-state index contributed by atoms with van der Waals surface area (Å²) >= 11 is 0. The van der Waals surface area contributed by atoms with Gasteiger partial charge in [-0.25, -0.2) is 4.79 Å². The lowest BCUT2D eigenvalue weighted by Crippen LogP contribution is -2.54.